The molecule has 0 saturated carbocycles. The molecule has 1 heterocycles. The maximum absolute atomic E-state index is 13.5. The topological polar surface area (TPSA) is 43.8 Å². The van der Waals surface area contributed by atoms with Crippen LogP contribution in [0.5, 0.6) is 0 Å². The number of hydrogen-bond acceptors (Lipinski definition) is 2. The molecule has 0 unspecified atom stereocenters. The van der Waals surface area contributed by atoms with Crippen LogP contribution >= 0.6 is 0 Å². The number of benzene rings is 2. The Bertz CT molecular complexity index is 985. The van der Waals surface area contributed by atoms with E-state index < -0.39 is 29.4 Å². The Morgan fingerprint density at radius 3 is 2.15 bits per heavy atom. The van der Waals surface area contributed by atoms with Crippen molar-refractivity contribution in [2.45, 2.75) is 19.3 Å². The summed E-state index contributed by atoms with van der Waals surface area (Å²) in [4.78, 5) is 0. The zero-order valence-electron chi connectivity index (χ0n) is 13.9. The summed E-state index contributed by atoms with van der Waals surface area (Å²) in [5.74, 6) is -0.396. The van der Waals surface area contributed by atoms with Crippen LogP contribution in [0.3, 0.4) is 0 Å². The zero-order chi connectivity index (χ0) is 20.0. The molecule has 0 spiro atoms. The summed E-state index contributed by atoms with van der Waals surface area (Å²) < 4.78 is 80.0. The lowest BCUT2D eigenvalue weighted by Crippen LogP contribution is -2.09. The van der Waals surface area contributed by atoms with Crippen LogP contribution in [-0.2, 0) is 12.4 Å². The summed E-state index contributed by atoms with van der Waals surface area (Å²) in [6, 6.07) is 10.00. The highest BCUT2D eigenvalue weighted by Crippen LogP contribution is 2.41. The Morgan fingerprint density at radius 1 is 0.889 bits per heavy atom. The lowest BCUT2D eigenvalue weighted by atomic mass is 10.0. The molecular weight excluding hydrogens is 372 g/mol. The number of nitrogens with zero attached hydrogens (tertiary/aromatic N) is 2. The molecule has 0 aliphatic heterocycles. The number of aryl methyl sites for hydroxylation is 1. The highest BCUT2D eigenvalue weighted by Gasteiger charge is 2.40. The largest absolute Gasteiger partial charge is 0.435 e. The molecule has 0 radical (unpaired) electrons. The number of rotatable bonds is 2. The van der Waals surface area contributed by atoms with Gasteiger partial charge in [-0.05, 0) is 30.7 Å². The first-order valence-electron chi connectivity index (χ1n) is 7.69. The molecule has 27 heavy (non-hydrogen) atoms. The minimum absolute atomic E-state index is 0.179. The molecule has 3 rings (SSSR count). The van der Waals surface area contributed by atoms with Crippen LogP contribution in [0.15, 0.2) is 48.5 Å². The predicted molar refractivity (Wildman–Crippen MR) is 88.2 cm³/mol. The van der Waals surface area contributed by atoms with Crippen molar-refractivity contribution in [3.05, 3.63) is 65.4 Å². The predicted octanol–water partition coefficient (Wildman–Crippen LogP) is 5.47. The third-order valence-electron chi connectivity index (χ3n) is 3.91. The molecule has 9 heteroatoms. The summed E-state index contributed by atoms with van der Waals surface area (Å²) >= 11 is 0. The molecule has 0 amide bonds. The van der Waals surface area contributed by atoms with Gasteiger partial charge in [-0.15, -0.1) is 0 Å². The van der Waals surface area contributed by atoms with Gasteiger partial charge in [0, 0.05) is 0 Å². The van der Waals surface area contributed by atoms with E-state index in [0.29, 0.717) is 16.3 Å². The Kier molecular flexibility index (Phi) is 4.41. The maximum Gasteiger partial charge on any atom is 0.435 e. The van der Waals surface area contributed by atoms with E-state index in [2.05, 4.69) is 5.10 Å². The molecule has 142 valence electrons. The van der Waals surface area contributed by atoms with Crippen LogP contribution in [0.2, 0.25) is 0 Å². The number of nitrogens with two attached hydrogens (primary N) is 1. The molecule has 2 aromatic carbocycles. The smallest absolute Gasteiger partial charge is 0.383 e. The van der Waals surface area contributed by atoms with Gasteiger partial charge in [0.25, 0.3) is 0 Å². The first-order valence-corrected chi connectivity index (χ1v) is 7.69. The summed E-state index contributed by atoms with van der Waals surface area (Å²) in [5, 5.41) is 3.48. The Labute approximate surface area is 150 Å². The van der Waals surface area contributed by atoms with Crippen molar-refractivity contribution in [1.29, 1.82) is 0 Å². The molecule has 3 nitrogen and oxygen atoms in total. The average Bonchev–Trinajstić information content (AvgIpc) is 2.92. The highest BCUT2D eigenvalue weighted by molar-refractivity contribution is 5.78. The van der Waals surface area contributed by atoms with Gasteiger partial charge in [-0.3, -0.25) is 0 Å². The van der Waals surface area contributed by atoms with Crippen LogP contribution in [0, 0.1) is 6.92 Å². The minimum Gasteiger partial charge on any atom is -0.383 e. The lowest BCUT2D eigenvalue weighted by molar-refractivity contribution is -0.141. The summed E-state index contributed by atoms with van der Waals surface area (Å²) in [7, 11) is 0. The van der Waals surface area contributed by atoms with Gasteiger partial charge in [0.1, 0.15) is 5.82 Å². The van der Waals surface area contributed by atoms with Crippen molar-refractivity contribution in [2.75, 3.05) is 5.73 Å². The van der Waals surface area contributed by atoms with E-state index >= 15 is 0 Å². The molecule has 0 bridgehead atoms. The maximum atomic E-state index is 13.5. The second-order valence-electron chi connectivity index (χ2n) is 5.94. The first-order chi connectivity index (χ1) is 12.5. The Balaban J connectivity index is 2.25. The van der Waals surface area contributed by atoms with Crippen molar-refractivity contribution in [3.8, 4) is 16.8 Å². The zero-order valence-corrected chi connectivity index (χ0v) is 13.9. The molecule has 0 saturated heterocycles. The molecule has 0 aliphatic carbocycles. The second kappa shape index (κ2) is 6.33. The fourth-order valence-corrected chi connectivity index (χ4v) is 2.73. The number of alkyl halides is 6. The Morgan fingerprint density at radius 2 is 1.56 bits per heavy atom. The minimum atomic E-state index is -4.83. The normalized spacial score (nSPS) is 12.4. The van der Waals surface area contributed by atoms with Gasteiger partial charge in [-0.25, -0.2) is 4.68 Å². The number of anilines is 1. The van der Waals surface area contributed by atoms with E-state index in [-0.39, 0.29) is 16.8 Å². The summed E-state index contributed by atoms with van der Waals surface area (Å²) in [5.41, 5.74) is 3.91. The first kappa shape index (κ1) is 18.8. The van der Waals surface area contributed by atoms with E-state index in [4.69, 9.17) is 5.73 Å². The number of aromatic nitrogens is 2. The summed E-state index contributed by atoms with van der Waals surface area (Å²) in [6.07, 6.45) is -9.48. The fraction of sp³-hybridized carbons (Fsp3) is 0.167. The molecular formula is C18H13F6N3. The van der Waals surface area contributed by atoms with Gasteiger partial charge < -0.3 is 5.73 Å². The van der Waals surface area contributed by atoms with Gasteiger partial charge in [0.15, 0.2) is 5.69 Å². The fourth-order valence-electron chi connectivity index (χ4n) is 2.73. The van der Waals surface area contributed by atoms with Crippen LogP contribution in [0.25, 0.3) is 16.8 Å². The monoisotopic (exact) mass is 385 g/mol. The van der Waals surface area contributed by atoms with Crippen molar-refractivity contribution < 1.29 is 26.3 Å². The quantitative estimate of drug-likeness (QED) is 0.595. The van der Waals surface area contributed by atoms with Gasteiger partial charge in [0.2, 0.25) is 0 Å². The lowest BCUT2D eigenvalue weighted by Gasteiger charge is -2.10. The Hall–Kier alpha value is -2.97. The van der Waals surface area contributed by atoms with Crippen molar-refractivity contribution in [2.24, 2.45) is 0 Å². The molecule has 0 atom stereocenters. The van der Waals surface area contributed by atoms with Crippen molar-refractivity contribution in [1.82, 2.24) is 9.78 Å². The van der Waals surface area contributed by atoms with Crippen LogP contribution in [0.4, 0.5) is 32.2 Å². The molecule has 0 aliphatic rings. The van der Waals surface area contributed by atoms with Gasteiger partial charge in [0.05, 0.1) is 16.8 Å². The number of nitrogen functional groups attached to an aromatic ring is 1. The third kappa shape index (κ3) is 3.62. The number of hydrogen-bond donors (Lipinski definition) is 1. The van der Waals surface area contributed by atoms with Gasteiger partial charge in [-0.1, -0.05) is 35.9 Å². The molecule has 3 aromatic rings. The molecule has 0 fully saturated rings. The second-order valence-corrected chi connectivity index (χ2v) is 5.94. The van der Waals surface area contributed by atoms with Gasteiger partial charge >= 0.3 is 12.4 Å². The van der Waals surface area contributed by atoms with E-state index in [1.807, 2.05) is 0 Å². The van der Waals surface area contributed by atoms with Crippen LogP contribution < -0.4 is 5.73 Å². The SMILES string of the molecule is Cc1cccc(-c2c(C(F)(F)F)nn(-c3cccc(C(F)(F)F)c3)c2N)c1. The molecule has 1 aromatic heterocycles. The standard InChI is InChI=1S/C18H13F6N3/c1-10-4-2-5-11(8-10)14-15(18(22,23)24)26-27(16(14)25)13-7-3-6-12(9-13)17(19,20)21/h2-9H,25H2,1H3. The molecule has 2 N–H and O–H groups in total. The van der Waals surface area contributed by atoms with E-state index in [1.165, 1.54) is 18.2 Å². The van der Waals surface area contributed by atoms with Crippen molar-refractivity contribution >= 4 is 5.82 Å². The van der Waals surface area contributed by atoms with Crippen molar-refractivity contribution in [3.63, 3.8) is 0 Å². The van der Waals surface area contributed by atoms with Crippen LogP contribution in [0.1, 0.15) is 16.8 Å². The number of halogens is 6. The summed E-state index contributed by atoms with van der Waals surface area (Å²) in [6.45, 7) is 1.70. The van der Waals surface area contributed by atoms with E-state index in [0.717, 1.165) is 12.1 Å². The highest BCUT2D eigenvalue weighted by atomic mass is 19.4. The van der Waals surface area contributed by atoms with Gasteiger partial charge in [-0.2, -0.15) is 31.4 Å². The van der Waals surface area contributed by atoms with E-state index in [9.17, 15) is 26.3 Å². The third-order valence-corrected chi connectivity index (χ3v) is 3.91. The average molecular weight is 385 g/mol. The van der Waals surface area contributed by atoms with E-state index in [1.54, 1.807) is 19.1 Å². The van der Waals surface area contributed by atoms with Crippen LogP contribution in [-0.4, -0.2) is 9.78 Å².